The zero-order valence-corrected chi connectivity index (χ0v) is 12.1. The lowest BCUT2D eigenvalue weighted by atomic mass is 9.82. The summed E-state index contributed by atoms with van der Waals surface area (Å²) >= 11 is 0. The van der Waals surface area contributed by atoms with Crippen molar-refractivity contribution in [3.8, 4) is 0 Å². The Labute approximate surface area is 118 Å². The normalized spacial score (nSPS) is 39.0. The number of imide groups is 1. The van der Waals surface area contributed by atoms with E-state index < -0.39 is 11.6 Å². The third-order valence-electron chi connectivity index (χ3n) is 3.63. The molecule has 20 heavy (non-hydrogen) atoms. The van der Waals surface area contributed by atoms with E-state index in [1.165, 1.54) is 19.1 Å². The van der Waals surface area contributed by atoms with Gasteiger partial charge in [0.1, 0.15) is 5.67 Å². The average molecular weight is 277 g/mol. The van der Waals surface area contributed by atoms with E-state index in [1.807, 2.05) is 26.0 Å². The summed E-state index contributed by atoms with van der Waals surface area (Å²) in [4.78, 5) is 23.1. The van der Waals surface area contributed by atoms with Crippen molar-refractivity contribution in [1.82, 2.24) is 5.32 Å². The maximum Gasteiger partial charge on any atom is 0.234 e. The van der Waals surface area contributed by atoms with Crippen LogP contribution in [0.5, 0.6) is 0 Å². The molecule has 1 fully saturated rings. The first-order chi connectivity index (χ1) is 9.19. The highest BCUT2D eigenvalue weighted by Gasteiger charge is 2.31. The first-order valence-corrected chi connectivity index (χ1v) is 6.84. The summed E-state index contributed by atoms with van der Waals surface area (Å²) in [6.45, 7) is 5.41. The Hall–Kier alpha value is -1.71. The van der Waals surface area contributed by atoms with Gasteiger partial charge in [0.2, 0.25) is 11.8 Å². The van der Waals surface area contributed by atoms with Crippen molar-refractivity contribution >= 4 is 11.8 Å². The Morgan fingerprint density at radius 3 is 2.55 bits per heavy atom. The number of carbonyl (C=O) groups excluding carboxylic acids is 2. The predicted molar refractivity (Wildman–Crippen MR) is 75.5 cm³/mol. The largest absolute Gasteiger partial charge is 0.296 e. The van der Waals surface area contributed by atoms with Crippen LogP contribution in [-0.4, -0.2) is 17.5 Å². The molecule has 2 unspecified atom stereocenters. The summed E-state index contributed by atoms with van der Waals surface area (Å²) in [6.07, 6.45) is 9.29. The highest BCUT2D eigenvalue weighted by Crippen LogP contribution is 2.32. The van der Waals surface area contributed by atoms with Gasteiger partial charge >= 0.3 is 0 Å². The lowest BCUT2D eigenvalue weighted by Gasteiger charge is -2.27. The first-order valence-electron chi connectivity index (χ1n) is 6.84. The molecule has 3 nitrogen and oxygen atoms in total. The summed E-state index contributed by atoms with van der Waals surface area (Å²) in [5, 5.41) is 2.32. The molecular formula is C16H20FNO2. The first kappa shape index (κ1) is 14.7. The Balaban J connectivity index is 2.36. The molecule has 1 aliphatic carbocycles. The maximum absolute atomic E-state index is 14.5. The van der Waals surface area contributed by atoms with Crippen LogP contribution in [0.25, 0.3) is 0 Å². The molecule has 2 rings (SSSR count). The van der Waals surface area contributed by atoms with E-state index in [0.717, 1.165) is 0 Å². The number of nitrogens with one attached hydrogen (secondary N) is 1. The molecule has 0 saturated carbocycles. The maximum atomic E-state index is 14.5. The van der Waals surface area contributed by atoms with E-state index >= 15 is 0 Å². The molecule has 108 valence electrons. The second-order valence-corrected chi connectivity index (χ2v) is 6.29. The molecule has 1 aliphatic heterocycles. The van der Waals surface area contributed by atoms with Crippen molar-refractivity contribution in [2.45, 2.75) is 39.3 Å². The van der Waals surface area contributed by atoms with Crippen molar-refractivity contribution < 1.29 is 14.0 Å². The van der Waals surface area contributed by atoms with Gasteiger partial charge in [0.05, 0.1) is 5.92 Å². The van der Waals surface area contributed by atoms with Crippen molar-refractivity contribution in [1.29, 1.82) is 0 Å². The third-order valence-corrected chi connectivity index (χ3v) is 3.63. The van der Waals surface area contributed by atoms with Gasteiger partial charge in [-0.05, 0) is 31.1 Å². The van der Waals surface area contributed by atoms with E-state index in [0.29, 0.717) is 18.4 Å². The van der Waals surface area contributed by atoms with Gasteiger partial charge in [0, 0.05) is 11.8 Å². The summed E-state index contributed by atoms with van der Waals surface area (Å²) in [5.41, 5.74) is -1.23. The Bertz CT molecular complexity index is 527. The van der Waals surface area contributed by atoms with Crippen LogP contribution in [0.1, 0.15) is 33.6 Å². The molecule has 0 bridgehead atoms. The van der Waals surface area contributed by atoms with Gasteiger partial charge in [-0.2, -0.15) is 0 Å². The van der Waals surface area contributed by atoms with E-state index in [-0.39, 0.29) is 17.2 Å². The second kappa shape index (κ2) is 5.00. The number of hydrogen-bond acceptors (Lipinski definition) is 2. The standard InChI is InChI=1S/C16H20FNO2/c1-15(2)7-6-11(10-16(3,17)9-8-15)12-4-5-13(19)18-14(12)20/h6-10,12H,4-5H2,1-3H3,(H,18,19,20)/b7-6-,9-8-,11-10+. The van der Waals surface area contributed by atoms with Crippen LogP contribution in [-0.2, 0) is 9.59 Å². The summed E-state index contributed by atoms with van der Waals surface area (Å²) < 4.78 is 14.5. The number of allylic oxidation sites excluding steroid dienone is 5. The lowest BCUT2D eigenvalue weighted by molar-refractivity contribution is -0.135. The zero-order chi connectivity index (χ0) is 15.0. The smallest absolute Gasteiger partial charge is 0.234 e. The number of piperidine rings is 1. The number of carbonyl (C=O) groups is 2. The van der Waals surface area contributed by atoms with Crippen molar-refractivity contribution in [3.05, 3.63) is 36.0 Å². The van der Waals surface area contributed by atoms with Crippen LogP contribution in [0.3, 0.4) is 0 Å². The van der Waals surface area contributed by atoms with Crippen LogP contribution in [0.4, 0.5) is 4.39 Å². The number of amides is 2. The van der Waals surface area contributed by atoms with Gasteiger partial charge in [-0.3, -0.25) is 14.9 Å². The minimum Gasteiger partial charge on any atom is -0.296 e. The predicted octanol–water partition coefficient (Wildman–Crippen LogP) is 2.85. The molecule has 1 N–H and O–H groups in total. The number of alkyl halides is 1. The fourth-order valence-electron chi connectivity index (χ4n) is 2.39. The number of hydrogen-bond donors (Lipinski definition) is 1. The van der Waals surface area contributed by atoms with Crippen LogP contribution in [0, 0.1) is 11.3 Å². The molecule has 2 amide bonds. The van der Waals surface area contributed by atoms with Gasteiger partial charge in [-0.1, -0.05) is 32.1 Å². The molecule has 0 aromatic heterocycles. The van der Waals surface area contributed by atoms with Crippen molar-refractivity contribution in [3.63, 3.8) is 0 Å². The minimum atomic E-state index is -1.60. The van der Waals surface area contributed by atoms with Crippen molar-refractivity contribution in [2.75, 3.05) is 0 Å². The van der Waals surface area contributed by atoms with E-state index in [9.17, 15) is 14.0 Å². The van der Waals surface area contributed by atoms with Gasteiger partial charge < -0.3 is 0 Å². The SMILES string of the molecule is CC1(C)/C=C\C(C2CCC(=O)NC2=O)=C/C(C)(F)/C=C\1. The van der Waals surface area contributed by atoms with E-state index in [1.54, 1.807) is 6.08 Å². The Morgan fingerprint density at radius 2 is 1.90 bits per heavy atom. The molecule has 0 radical (unpaired) electrons. The molecule has 0 aromatic carbocycles. The fourth-order valence-corrected chi connectivity index (χ4v) is 2.39. The lowest BCUT2D eigenvalue weighted by Crippen LogP contribution is -2.41. The molecular weight excluding hydrogens is 257 g/mol. The monoisotopic (exact) mass is 277 g/mol. The van der Waals surface area contributed by atoms with Gasteiger partial charge in [0.15, 0.2) is 0 Å². The molecule has 1 saturated heterocycles. The molecule has 0 spiro atoms. The van der Waals surface area contributed by atoms with Gasteiger partial charge in [-0.25, -0.2) is 4.39 Å². The topological polar surface area (TPSA) is 46.2 Å². The Kier molecular flexibility index (Phi) is 3.67. The summed E-state index contributed by atoms with van der Waals surface area (Å²) in [7, 11) is 0. The third kappa shape index (κ3) is 3.44. The quantitative estimate of drug-likeness (QED) is 0.592. The fraction of sp³-hybridized carbons (Fsp3) is 0.500. The van der Waals surface area contributed by atoms with Crippen LogP contribution in [0.2, 0.25) is 0 Å². The molecule has 4 heteroatoms. The second-order valence-electron chi connectivity index (χ2n) is 6.29. The van der Waals surface area contributed by atoms with Gasteiger partial charge in [-0.15, -0.1) is 0 Å². The highest BCUT2D eigenvalue weighted by molar-refractivity contribution is 6.00. The Morgan fingerprint density at radius 1 is 1.20 bits per heavy atom. The highest BCUT2D eigenvalue weighted by atomic mass is 19.1. The van der Waals surface area contributed by atoms with Crippen molar-refractivity contribution in [2.24, 2.45) is 11.3 Å². The summed E-state index contributed by atoms with van der Waals surface area (Å²) in [5.74, 6) is -1.05. The van der Waals surface area contributed by atoms with E-state index in [2.05, 4.69) is 5.32 Å². The number of halogens is 1. The van der Waals surface area contributed by atoms with Crippen LogP contribution >= 0.6 is 0 Å². The summed E-state index contributed by atoms with van der Waals surface area (Å²) in [6, 6.07) is 0. The zero-order valence-electron chi connectivity index (χ0n) is 12.1. The van der Waals surface area contributed by atoms with Crippen LogP contribution < -0.4 is 5.32 Å². The van der Waals surface area contributed by atoms with Crippen LogP contribution in [0.15, 0.2) is 36.0 Å². The number of rotatable bonds is 1. The van der Waals surface area contributed by atoms with Gasteiger partial charge in [0.25, 0.3) is 0 Å². The minimum absolute atomic E-state index is 0.259. The molecule has 0 aromatic rings. The molecule has 2 atom stereocenters. The molecule has 2 aliphatic rings. The molecule has 1 heterocycles. The van der Waals surface area contributed by atoms with E-state index in [4.69, 9.17) is 0 Å². The average Bonchev–Trinajstić information content (AvgIpc) is 2.32.